The summed E-state index contributed by atoms with van der Waals surface area (Å²) in [5.74, 6) is -2.29. The van der Waals surface area contributed by atoms with Gasteiger partial charge in [0.15, 0.2) is 27.1 Å². The molecule has 1 aliphatic heterocycles. The fourth-order valence-electron chi connectivity index (χ4n) is 3.93. The van der Waals surface area contributed by atoms with Gasteiger partial charge < -0.3 is 15.2 Å². The third-order valence-electron chi connectivity index (χ3n) is 5.58. The number of halogens is 2. The molecule has 0 aliphatic carbocycles. The van der Waals surface area contributed by atoms with Gasteiger partial charge in [-0.1, -0.05) is 47.7 Å². The van der Waals surface area contributed by atoms with Gasteiger partial charge in [-0.2, -0.15) is 0 Å². The molecule has 1 saturated heterocycles. The van der Waals surface area contributed by atoms with E-state index < -0.39 is 23.2 Å². The highest BCUT2D eigenvalue weighted by Gasteiger charge is 2.33. The molecule has 1 atom stereocenters. The van der Waals surface area contributed by atoms with Crippen LogP contribution >= 0.6 is 11.3 Å². The number of nitrogens with zero attached hydrogens (tertiary/aromatic N) is 3. The molecule has 3 heterocycles. The van der Waals surface area contributed by atoms with Crippen LogP contribution in [0.15, 0.2) is 53.3 Å². The number of fused-ring (bicyclic) bond motifs is 1. The number of hydrogen-bond donors (Lipinski definition) is 2. The Kier molecular flexibility index (Phi) is 5.59. The van der Waals surface area contributed by atoms with Crippen molar-refractivity contribution in [2.24, 2.45) is 0 Å². The van der Waals surface area contributed by atoms with E-state index in [1.54, 1.807) is 0 Å². The lowest BCUT2D eigenvalue weighted by atomic mass is 10.2. The molecule has 10 heteroatoms. The number of anilines is 1. The smallest absolute Gasteiger partial charge is 0.278 e. The molecule has 5 rings (SSSR count). The monoisotopic (exact) mass is 467 g/mol. The molecule has 2 N–H and O–H groups in total. The van der Waals surface area contributed by atoms with E-state index in [2.05, 4.69) is 20.3 Å². The number of H-pyrrole nitrogens is 1. The Morgan fingerprint density at radius 1 is 1.15 bits per heavy atom. The first-order valence-electron chi connectivity index (χ1n) is 10.4. The SMILES string of the molecule is O=C(NCc1ccccc1)[C@H]1CCCN1c1nc2c(=O)[nH]c(-c3cccc(F)c3F)nc2s1. The first-order valence-corrected chi connectivity index (χ1v) is 11.3. The van der Waals surface area contributed by atoms with Crippen molar-refractivity contribution < 1.29 is 13.6 Å². The van der Waals surface area contributed by atoms with Crippen molar-refractivity contribution in [1.82, 2.24) is 20.3 Å². The van der Waals surface area contributed by atoms with Crippen LogP contribution in [-0.4, -0.2) is 33.4 Å². The van der Waals surface area contributed by atoms with Crippen LogP contribution in [0.2, 0.25) is 0 Å². The zero-order valence-corrected chi connectivity index (χ0v) is 18.2. The Morgan fingerprint density at radius 2 is 1.97 bits per heavy atom. The lowest BCUT2D eigenvalue weighted by Gasteiger charge is -2.23. The lowest BCUT2D eigenvalue weighted by Crippen LogP contribution is -2.43. The van der Waals surface area contributed by atoms with E-state index in [9.17, 15) is 18.4 Å². The molecular weight excluding hydrogens is 448 g/mol. The van der Waals surface area contributed by atoms with E-state index >= 15 is 0 Å². The molecule has 7 nitrogen and oxygen atoms in total. The number of aromatic amines is 1. The Balaban J connectivity index is 1.42. The number of carbonyl (C=O) groups is 1. The Bertz CT molecular complexity index is 1390. The van der Waals surface area contributed by atoms with Crippen LogP contribution in [0.25, 0.3) is 21.7 Å². The summed E-state index contributed by atoms with van der Waals surface area (Å²) >= 11 is 1.15. The van der Waals surface area contributed by atoms with Gasteiger partial charge in [0.1, 0.15) is 11.9 Å². The number of rotatable bonds is 5. The maximum absolute atomic E-state index is 14.2. The van der Waals surface area contributed by atoms with Gasteiger partial charge in [-0.05, 0) is 30.5 Å². The van der Waals surface area contributed by atoms with Gasteiger partial charge in [0.2, 0.25) is 5.91 Å². The number of aromatic nitrogens is 3. The summed E-state index contributed by atoms with van der Waals surface area (Å²) in [6.45, 7) is 1.04. The first kappa shape index (κ1) is 21.2. The molecule has 1 aliphatic rings. The Labute approximate surface area is 191 Å². The number of nitrogens with one attached hydrogen (secondary N) is 2. The van der Waals surface area contributed by atoms with Crippen molar-refractivity contribution in [2.75, 3.05) is 11.4 Å². The summed E-state index contributed by atoms with van der Waals surface area (Å²) in [7, 11) is 0. The fraction of sp³-hybridized carbons (Fsp3) is 0.217. The van der Waals surface area contributed by atoms with Gasteiger partial charge >= 0.3 is 0 Å². The lowest BCUT2D eigenvalue weighted by molar-refractivity contribution is -0.122. The Hall–Kier alpha value is -3.66. The normalized spacial score (nSPS) is 15.8. The molecule has 4 aromatic rings. The molecule has 0 unspecified atom stereocenters. The summed E-state index contributed by atoms with van der Waals surface area (Å²) in [4.78, 5) is 38.8. The number of hydrogen-bond acceptors (Lipinski definition) is 6. The molecule has 1 amide bonds. The van der Waals surface area contributed by atoms with Crippen LogP contribution in [0.1, 0.15) is 18.4 Å². The highest BCUT2D eigenvalue weighted by molar-refractivity contribution is 7.21. The molecule has 0 radical (unpaired) electrons. The third kappa shape index (κ3) is 4.09. The van der Waals surface area contributed by atoms with E-state index in [0.29, 0.717) is 29.5 Å². The largest absolute Gasteiger partial charge is 0.350 e. The van der Waals surface area contributed by atoms with Gasteiger partial charge in [-0.3, -0.25) is 9.59 Å². The topological polar surface area (TPSA) is 91.0 Å². The summed E-state index contributed by atoms with van der Waals surface area (Å²) in [5.41, 5.74) is 0.419. The Morgan fingerprint density at radius 3 is 2.79 bits per heavy atom. The summed E-state index contributed by atoms with van der Waals surface area (Å²) < 4.78 is 27.8. The van der Waals surface area contributed by atoms with E-state index in [0.717, 1.165) is 29.4 Å². The van der Waals surface area contributed by atoms with Crippen LogP contribution in [0.3, 0.4) is 0 Å². The van der Waals surface area contributed by atoms with Crippen LogP contribution in [0.4, 0.5) is 13.9 Å². The number of amides is 1. The van der Waals surface area contributed by atoms with Crippen molar-refractivity contribution >= 4 is 32.7 Å². The third-order valence-corrected chi connectivity index (χ3v) is 6.56. The summed E-state index contributed by atoms with van der Waals surface area (Å²) in [5, 5.41) is 3.46. The number of carbonyl (C=O) groups excluding carboxylic acids is 1. The van der Waals surface area contributed by atoms with E-state index in [1.165, 1.54) is 12.1 Å². The van der Waals surface area contributed by atoms with Crippen molar-refractivity contribution in [1.29, 1.82) is 0 Å². The highest BCUT2D eigenvalue weighted by Crippen LogP contribution is 2.32. The molecular formula is C23H19F2N5O2S. The predicted molar refractivity (Wildman–Crippen MR) is 122 cm³/mol. The van der Waals surface area contributed by atoms with Gasteiger partial charge in [-0.15, -0.1) is 0 Å². The predicted octanol–water partition coefficient (Wildman–Crippen LogP) is 3.61. The minimum Gasteiger partial charge on any atom is -0.350 e. The maximum atomic E-state index is 14.2. The zero-order chi connectivity index (χ0) is 22.9. The fourth-order valence-corrected chi connectivity index (χ4v) is 4.95. The van der Waals surface area contributed by atoms with Crippen molar-refractivity contribution in [3.63, 3.8) is 0 Å². The molecule has 2 aromatic carbocycles. The van der Waals surface area contributed by atoms with Gasteiger partial charge in [0.05, 0.1) is 5.56 Å². The van der Waals surface area contributed by atoms with Crippen molar-refractivity contribution in [3.05, 3.63) is 76.1 Å². The van der Waals surface area contributed by atoms with E-state index in [-0.39, 0.29) is 22.8 Å². The van der Waals surface area contributed by atoms with Crippen LogP contribution in [0, 0.1) is 11.6 Å². The molecule has 2 aromatic heterocycles. The molecule has 33 heavy (non-hydrogen) atoms. The minimum absolute atomic E-state index is 0.0710. The average Bonchev–Trinajstić information content (AvgIpc) is 3.47. The van der Waals surface area contributed by atoms with Gasteiger partial charge in [-0.25, -0.2) is 18.7 Å². The zero-order valence-electron chi connectivity index (χ0n) is 17.3. The number of benzene rings is 2. The molecule has 0 spiro atoms. The van der Waals surface area contributed by atoms with Crippen LogP contribution in [-0.2, 0) is 11.3 Å². The van der Waals surface area contributed by atoms with E-state index in [1.807, 2.05) is 35.2 Å². The molecule has 0 saturated carbocycles. The van der Waals surface area contributed by atoms with Crippen molar-refractivity contribution in [2.45, 2.75) is 25.4 Å². The second-order valence-corrected chi connectivity index (χ2v) is 8.68. The van der Waals surface area contributed by atoms with Crippen molar-refractivity contribution in [3.8, 4) is 11.4 Å². The first-order chi connectivity index (χ1) is 16.0. The molecule has 168 valence electrons. The summed E-state index contributed by atoms with van der Waals surface area (Å²) in [6, 6.07) is 12.9. The standard InChI is InChI=1S/C23H19F2N5O2S/c24-15-9-4-8-14(17(15)25)19-28-21(32)18-22(29-19)33-23(27-18)30-11-5-10-16(30)20(31)26-12-13-6-2-1-3-7-13/h1-4,6-9,16H,5,10-12H2,(H,26,31)(H,28,29,32)/t16-/m1/s1. The van der Waals surface area contributed by atoms with Crippen LogP contribution < -0.4 is 15.8 Å². The highest BCUT2D eigenvalue weighted by atomic mass is 32.1. The maximum Gasteiger partial charge on any atom is 0.278 e. The minimum atomic E-state index is -1.08. The quantitative estimate of drug-likeness (QED) is 0.468. The van der Waals surface area contributed by atoms with Gasteiger partial charge in [0, 0.05) is 13.1 Å². The van der Waals surface area contributed by atoms with E-state index in [4.69, 9.17) is 0 Å². The van der Waals surface area contributed by atoms with Crippen LogP contribution in [0.5, 0.6) is 0 Å². The molecule has 0 bridgehead atoms. The molecule has 1 fully saturated rings. The number of thiazole rings is 1. The second kappa shape index (κ2) is 8.70. The second-order valence-electron chi connectivity index (χ2n) is 7.72. The van der Waals surface area contributed by atoms with Gasteiger partial charge in [0.25, 0.3) is 5.56 Å². The summed E-state index contributed by atoms with van der Waals surface area (Å²) in [6.07, 6.45) is 1.48. The average molecular weight is 468 g/mol.